The molecule has 0 bridgehead atoms. The van der Waals surface area contributed by atoms with E-state index in [4.69, 9.17) is 10.5 Å². The molecule has 0 aliphatic rings. The van der Waals surface area contributed by atoms with E-state index in [-0.39, 0.29) is 12.4 Å². The average molecular weight is 256 g/mol. The standard InChI is InChI=1S/C13H12N4O2/c14-11-5-2-6-17-12(15-16-13(11)17)8-19-10-4-1-3-9(18)7-10/h1-7,18H,8,14H2. The Kier molecular flexibility index (Phi) is 2.68. The molecule has 96 valence electrons. The van der Waals surface area contributed by atoms with Crippen molar-refractivity contribution in [1.82, 2.24) is 14.6 Å². The third kappa shape index (κ3) is 2.15. The number of nitrogens with zero attached hydrogens (tertiary/aromatic N) is 3. The number of rotatable bonds is 3. The summed E-state index contributed by atoms with van der Waals surface area (Å²) in [6, 6.07) is 10.2. The summed E-state index contributed by atoms with van der Waals surface area (Å²) in [5.41, 5.74) is 6.98. The van der Waals surface area contributed by atoms with Crippen LogP contribution in [0.1, 0.15) is 5.82 Å². The molecule has 0 radical (unpaired) electrons. The maximum Gasteiger partial charge on any atom is 0.184 e. The number of aromatic nitrogens is 3. The van der Waals surface area contributed by atoms with Crippen molar-refractivity contribution >= 4 is 11.3 Å². The number of hydrogen-bond donors (Lipinski definition) is 2. The van der Waals surface area contributed by atoms with Crippen LogP contribution in [-0.2, 0) is 6.61 Å². The zero-order valence-electron chi connectivity index (χ0n) is 10.0. The van der Waals surface area contributed by atoms with E-state index in [1.54, 1.807) is 28.7 Å². The lowest BCUT2D eigenvalue weighted by molar-refractivity contribution is 0.293. The van der Waals surface area contributed by atoms with Crippen LogP contribution in [0, 0.1) is 0 Å². The number of fused-ring (bicyclic) bond motifs is 1. The Morgan fingerprint density at radius 1 is 1.21 bits per heavy atom. The van der Waals surface area contributed by atoms with E-state index in [0.29, 0.717) is 22.9 Å². The van der Waals surface area contributed by atoms with Crippen LogP contribution >= 0.6 is 0 Å². The number of nitrogens with two attached hydrogens (primary N) is 1. The van der Waals surface area contributed by atoms with Gasteiger partial charge < -0.3 is 15.6 Å². The highest BCUT2D eigenvalue weighted by molar-refractivity contribution is 5.63. The van der Waals surface area contributed by atoms with Crippen LogP contribution in [0.5, 0.6) is 11.5 Å². The molecule has 3 aromatic rings. The normalized spacial score (nSPS) is 10.7. The number of phenolic OH excluding ortho intramolecular Hbond substituents is 1. The van der Waals surface area contributed by atoms with Crippen LogP contribution in [0.4, 0.5) is 5.69 Å². The Balaban J connectivity index is 1.84. The van der Waals surface area contributed by atoms with Gasteiger partial charge in [0.15, 0.2) is 11.5 Å². The molecule has 6 heteroatoms. The van der Waals surface area contributed by atoms with Crippen molar-refractivity contribution in [2.45, 2.75) is 6.61 Å². The number of ether oxygens (including phenoxy) is 1. The van der Waals surface area contributed by atoms with E-state index < -0.39 is 0 Å². The summed E-state index contributed by atoms with van der Waals surface area (Å²) >= 11 is 0. The Morgan fingerprint density at radius 2 is 2.11 bits per heavy atom. The highest BCUT2D eigenvalue weighted by Crippen LogP contribution is 2.19. The first-order chi connectivity index (χ1) is 9.24. The van der Waals surface area contributed by atoms with E-state index in [1.807, 2.05) is 12.3 Å². The van der Waals surface area contributed by atoms with Gasteiger partial charge >= 0.3 is 0 Å². The molecular formula is C13H12N4O2. The molecule has 0 aliphatic carbocycles. The summed E-state index contributed by atoms with van der Waals surface area (Å²) in [5.74, 6) is 1.37. The minimum absolute atomic E-state index is 0.160. The number of benzene rings is 1. The van der Waals surface area contributed by atoms with Gasteiger partial charge in [-0.15, -0.1) is 10.2 Å². The summed E-state index contributed by atoms with van der Waals surface area (Å²) in [6.07, 6.45) is 1.83. The number of pyridine rings is 1. The van der Waals surface area contributed by atoms with Crippen molar-refractivity contribution < 1.29 is 9.84 Å². The third-order valence-electron chi connectivity index (χ3n) is 2.72. The molecule has 3 rings (SSSR count). The molecular weight excluding hydrogens is 244 g/mol. The van der Waals surface area contributed by atoms with Crippen LogP contribution in [0.15, 0.2) is 42.6 Å². The largest absolute Gasteiger partial charge is 0.508 e. The zero-order valence-corrected chi connectivity index (χ0v) is 10.0. The van der Waals surface area contributed by atoms with Crippen molar-refractivity contribution in [3.8, 4) is 11.5 Å². The molecule has 0 amide bonds. The van der Waals surface area contributed by atoms with Crippen molar-refractivity contribution in [3.63, 3.8) is 0 Å². The predicted molar refractivity (Wildman–Crippen MR) is 69.8 cm³/mol. The molecule has 0 saturated heterocycles. The minimum Gasteiger partial charge on any atom is -0.508 e. The Morgan fingerprint density at radius 3 is 2.95 bits per heavy atom. The van der Waals surface area contributed by atoms with Gasteiger partial charge in [-0.25, -0.2) is 0 Å². The molecule has 0 atom stereocenters. The van der Waals surface area contributed by atoms with Crippen LogP contribution in [0.3, 0.4) is 0 Å². The fourth-order valence-electron chi connectivity index (χ4n) is 1.80. The molecule has 0 saturated carbocycles. The Bertz CT molecular complexity index is 723. The number of nitrogen functional groups attached to an aromatic ring is 1. The van der Waals surface area contributed by atoms with E-state index in [1.165, 1.54) is 6.07 Å². The SMILES string of the molecule is Nc1cccn2c(COc3cccc(O)c3)nnc12. The lowest BCUT2D eigenvalue weighted by Crippen LogP contribution is -2.01. The van der Waals surface area contributed by atoms with E-state index in [0.717, 1.165) is 0 Å². The van der Waals surface area contributed by atoms with Gasteiger partial charge in [0.05, 0.1) is 5.69 Å². The summed E-state index contributed by atoms with van der Waals surface area (Å²) in [6.45, 7) is 0.244. The van der Waals surface area contributed by atoms with Gasteiger partial charge in [-0.1, -0.05) is 6.07 Å². The highest BCUT2D eigenvalue weighted by Gasteiger charge is 2.08. The Hall–Kier alpha value is -2.76. The molecule has 6 nitrogen and oxygen atoms in total. The monoisotopic (exact) mass is 256 g/mol. The first-order valence-electron chi connectivity index (χ1n) is 5.74. The summed E-state index contributed by atoms with van der Waals surface area (Å²) in [4.78, 5) is 0. The van der Waals surface area contributed by atoms with Crippen molar-refractivity contribution in [1.29, 1.82) is 0 Å². The van der Waals surface area contributed by atoms with Crippen LogP contribution in [0.25, 0.3) is 5.65 Å². The van der Waals surface area contributed by atoms with Gasteiger partial charge in [-0.3, -0.25) is 4.40 Å². The number of hydrogen-bond acceptors (Lipinski definition) is 5. The maximum atomic E-state index is 9.35. The summed E-state index contributed by atoms with van der Waals surface area (Å²) in [7, 11) is 0. The number of phenols is 1. The van der Waals surface area contributed by atoms with Crippen LogP contribution in [0.2, 0.25) is 0 Å². The molecule has 1 aromatic carbocycles. The predicted octanol–water partition coefficient (Wildman–Crippen LogP) is 1.60. The topological polar surface area (TPSA) is 85.7 Å². The van der Waals surface area contributed by atoms with Gasteiger partial charge in [-0.05, 0) is 24.3 Å². The quantitative estimate of drug-likeness (QED) is 0.743. The molecule has 0 fully saturated rings. The molecule has 0 spiro atoms. The fourth-order valence-corrected chi connectivity index (χ4v) is 1.80. The van der Waals surface area contributed by atoms with E-state index >= 15 is 0 Å². The van der Waals surface area contributed by atoms with Gasteiger partial charge in [0.2, 0.25) is 0 Å². The highest BCUT2D eigenvalue weighted by atomic mass is 16.5. The van der Waals surface area contributed by atoms with Crippen molar-refractivity contribution in [2.75, 3.05) is 5.73 Å². The minimum atomic E-state index is 0.160. The lowest BCUT2D eigenvalue weighted by atomic mass is 10.3. The van der Waals surface area contributed by atoms with Crippen molar-refractivity contribution in [3.05, 3.63) is 48.4 Å². The second-order valence-corrected chi connectivity index (χ2v) is 4.06. The van der Waals surface area contributed by atoms with Crippen molar-refractivity contribution in [2.24, 2.45) is 0 Å². The van der Waals surface area contributed by atoms with Gasteiger partial charge in [0, 0.05) is 12.3 Å². The van der Waals surface area contributed by atoms with Gasteiger partial charge in [-0.2, -0.15) is 0 Å². The number of anilines is 1. The molecule has 3 N–H and O–H groups in total. The first-order valence-corrected chi connectivity index (χ1v) is 5.74. The van der Waals surface area contributed by atoms with Crippen LogP contribution in [-0.4, -0.2) is 19.7 Å². The molecule has 0 aliphatic heterocycles. The molecule has 19 heavy (non-hydrogen) atoms. The zero-order chi connectivity index (χ0) is 13.2. The summed E-state index contributed by atoms with van der Waals surface area (Å²) < 4.78 is 7.33. The lowest BCUT2D eigenvalue weighted by Gasteiger charge is -2.05. The van der Waals surface area contributed by atoms with Gasteiger partial charge in [0.25, 0.3) is 0 Å². The molecule has 0 unspecified atom stereocenters. The fraction of sp³-hybridized carbons (Fsp3) is 0.0769. The smallest absolute Gasteiger partial charge is 0.184 e. The first kappa shape index (κ1) is 11.3. The second-order valence-electron chi connectivity index (χ2n) is 4.06. The molecule has 2 aromatic heterocycles. The average Bonchev–Trinajstić information content (AvgIpc) is 2.81. The van der Waals surface area contributed by atoms with E-state index in [9.17, 15) is 5.11 Å². The van der Waals surface area contributed by atoms with Crippen LogP contribution < -0.4 is 10.5 Å². The van der Waals surface area contributed by atoms with E-state index in [2.05, 4.69) is 10.2 Å². The second kappa shape index (κ2) is 4.49. The number of aromatic hydroxyl groups is 1. The van der Waals surface area contributed by atoms with Gasteiger partial charge in [0.1, 0.15) is 18.1 Å². The molecule has 2 heterocycles. The Labute approximate surface area is 109 Å². The summed E-state index contributed by atoms with van der Waals surface area (Å²) in [5, 5.41) is 17.4. The third-order valence-corrected chi connectivity index (χ3v) is 2.72. The maximum absolute atomic E-state index is 9.35.